The number of hydrogen-bond donors (Lipinski definition) is 1. The van der Waals surface area contributed by atoms with Gasteiger partial charge in [0.1, 0.15) is 0 Å². The largest absolute Gasteiger partial charge is 0.337 e. The maximum Gasteiger partial charge on any atom is 0.264 e. The molecule has 2 N–H and O–H groups in total. The lowest BCUT2D eigenvalue weighted by molar-refractivity contribution is 0.0787. The van der Waals surface area contributed by atoms with E-state index in [2.05, 4.69) is 13.0 Å². The highest BCUT2D eigenvalue weighted by Gasteiger charge is 2.40. The highest BCUT2D eigenvalue weighted by molar-refractivity contribution is 7.12. The van der Waals surface area contributed by atoms with Gasteiger partial charge in [0.25, 0.3) is 5.91 Å². The summed E-state index contributed by atoms with van der Waals surface area (Å²) in [5.41, 5.74) is 7.41. The molecular weight excluding hydrogens is 292 g/mol. The summed E-state index contributed by atoms with van der Waals surface area (Å²) in [7, 11) is 0. The standard InChI is InChI=1S/C15H22N2OS.ClH/c1-2-10-6-7-19-14(10)15(18)17-8-11-4-3-5-13(16)12(11)9-17;/h6-7,11-13H,2-5,8-9,16H2,1H3;1H. The molecule has 2 heterocycles. The fraction of sp³-hybridized carbons (Fsp3) is 0.667. The van der Waals surface area contributed by atoms with Crippen LogP contribution in [0.15, 0.2) is 11.4 Å². The van der Waals surface area contributed by atoms with Crippen LogP contribution in [-0.4, -0.2) is 29.9 Å². The molecule has 1 aromatic rings. The molecule has 0 spiro atoms. The van der Waals surface area contributed by atoms with Crippen LogP contribution in [0.3, 0.4) is 0 Å². The summed E-state index contributed by atoms with van der Waals surface area (Å²) in [6, 6.07) is 2.37. The Balaban J connectivity index is 0.00000147. The first-order valence-electron chi connectivity index (χ1n) is 7.32. The number of aryl methyl sites for hydroxylation is 1. The number of carbonyl (C=O) groups excluding carboxylic acids is 1. The molecule has 1 saturated heterocycles. The minimum absolute atomic E-state index is 0. The summed E-state index contributed by atoms with van der Waals surface area (Å²) < 4.78 is 0. The molecule has 1 saturated carbocycles. The molecule has 1 aliphatic heterocycles. The molecule has 20 heavy (non-hydrogen) atoms. The third-order valence-electron chi connectivity index (χ3n) is 4.76. The van der Waals surface area contributed by atoms with Gasteiger partial charge in [0.15, 0.2) is 0 Å². The Kier molecular flexibility index (Phi) is 5.10. The van der Waals surface area contributed by atoms with Gasteiger partial charge in [-0.15, -0.1) is 23.7 Å². The third-order valence-corrected chi connectivity index (χ3v) is 5.71. The lowest BCUT2D eigenvalue weighted by atomic mass is 9.78. The predicted molar refractivity (Wildman–Crippen MR) is 85.7 cm³/mol. The number of likely N-dealkylation sites (tertiary alicyclic amines) is 1. The molecule has 2 aliphatic rings. The summed E-state index contributed by atoms with van der Waals surface area (Å²) in [6.07, 6.45) is 4.53. The van der Waals surface area contributed by atoms with Gasteiger partial charge in [0.2, 0.25) is 0 Å². The normalized spacial score (nSPS) is 28.9. The van der Waals surface area contributed by atoms with E-state index in [1.54, 1.807) is 11.3 Å². The van der Waals surface area contributed by atoms with Crippen LogP contribution in [0.25, 0.3) is 0 Å². The molecular formula is C15H23ClN2OS. The fourth-order valence-corrected chi connectivity index (χ4v) is 4.59. The molecule has 0 radical (unpaired) electrons. The Labute approximate surface area is 130 Å². The van der Waals surface area contributed by atoms with E-state index in [4.69, 9.17) is 5.73 Å². The zero-order valence-electron chi connectivity index (χ0n) is 11.9. The Morgan fingerprint density at radius 1 is 1.45 bits per heavy atom. The molecule has 0 aromatic carbocycles. The SMILES string of the molecule is CCc1ccsc1C(=O)N1CC2CCCC(N)C2C1.Cl. The molecule has 112 valence electrons. The van der Waals surface area contributed by atoms with Crippen LogP contribution in [0.1, 0.15) is 41.4 Å². The van der Waals surface area contributed by atoms with Crippen molar-refractivity contribution in [1.29, 1.82) is 0 Å². The third kappa shape index (κ3) is 2.74. The number of fused-ring (bicyclic) bond motifs is 1. The van der Waals surface area contributed by atoms with Gasteiger partial charge >= 0.3 is 0 Å². The van der Waals surface area contributed by atoms with Crippen LogP contribution in [0, 0.1) is 11.8 Å². The maximum absolute atomic E-state index is 12.6. The first-order chi connectivity index (χ1) is 9.20. The molecule has 3 nitrogen and oxygen atoms in total. The van der Waals surface area contributed by atoms with Crippen LogP contribution < -0.4 is 5.73 Å². The second-order valence-corrected chi connectivity index (χ2v) is 6.77. The van der Waals surface area contributed by atoms with Crippen molar-refractivity contribution < 1.29 is 4.79 Å². The minimum Gasteiger partial charge on any atom is -0.337 e. The summed E-state index contributed by atoms with van der Waals surface area (Å²) in [5, 5.41) is 2.03. The van der Waals surface area contributed by atoms with E-state index < -0.39 is 0 Å². The number of amides is 1. The molecule has 3 unspecified atom stereocenters. The van der Waals surface area contributed by atoms with E-state index in [0.29, 0.717) is 17.9 Å². The highest BCUT2D eigenvalue weighted by Crippen LogP contribution is 2.36. The van der Waals surface area contributed by atoms with E-state index in [1.165, 1.54) is 18.4 Å². The van der Waals surface area contributed by atoms with Crippen molar-refractivity contribution in [3.05, 3.63) is 21.9 Å². The van der Waals surface area contributed by atoms with Crippen molar-refractivity contribution in [3.8, 4) is 0 Å². The predicted octanol–water partition coefficient (Wildman–Crippen LogP) is 2.93. The smallest absolute Gasteiger partial charge is 0.264 e. The highest BCUT2D eigenvalue weighted by atomic mass is 35.5. The first-order valence-corrected chi connectivity index (χ1v) is 8.20. The van der Waals surface area contributed by atoms with Crippen LogP contribution in [0.5, 0.6) is 0 Å². The second kappa shape index (κ2) is 6.46. The molecule has 0 bridgehead atoms. The molecule has 1 aromatic heterocycles. The lowest BCUT2D eigenvalue weighted by Gasteiger charge is -2.29. The number of nitrogens with zero attached hydrogens (tertiary/aromatic N) is 1. The zero-order valence-corrected chi connectivity index (χ0v) is 13.5. The maximum atomic E-state index is 12.6. The minimum atomic E-state index is 0. The molecule has 1 aliphatic carbocycles. The van der Waals surface area contributed by atoms with Crippen LogP contribution >= 0.6 is 23.7 Å². The van der Waals surface area contributed by atoms with Crippen molar-refractivity contribution in [2.45, 2.75) is 38.6 Å². The van der Waals surface area contributed by atoms with Crippen molar-refractivity contribution in [1.82, 2.24) is 4.90 Å². The number of thiophene rings is 1. The van der Waals surface area contributed by atoms with Gasteiger partial charge in [-0.1, -0.05) is 13.3 Å². The Morgan fingerprint density at radius 2 is 2.25 bits per heavy atom. The quantitative estimate of drug-likeness (QED) is 0.912. The van der Waals surface area contributed by atoms with Gasteiger partial charge in [-0.25, -0.2) is 0 Å². The first kappa shape index (κ1) is 15.8. The topological polar surface area (TPSA) is 46.3 Å². The molecule has 1 amide bonds. The van der Waals surface area contributed by atoms with E-state index >= 15 is 0 Å². The Bertz CT molecular complexity index is 476. The number of rotatable bonds is 2. The van der Waals surface area contributed by atoms with Gasteiger partial charge in [-0.3, -0.25) is 4.79 Å². The number of carbonyl (C=O) groups is 1. The van der Waals surface area contributed by atoms with Crippen molar-refractivity contribution in [2.75, 3.05) is 13.1 Å². The number of halogens is 1. The van der Waals surface area contributed by atoms with Gasteiger partial charge in [-0.05, 0) is 48.1 Å². The Morgan fingerprint density at radius 3 is 2.95 bits per heavy atom. The van der Waals surface area contributed by atoms with Crippen LogP contribution in [0.2, 0.25) is 0 Å². The number of hydrogen-bond acceptors (Lipinski definition) is 3. The summed E-state index contributed by atoms with van der Waals surface area (Å²) in [6.45, 7) is 3.89. The van der Waals surface area contributed by atoms with Gasteiger partial charge in [-0.2, -0.15) is 0 Å². The number of nitrogens with two attached hydrogens (primary N) is 1. The fourth-order valence-electron chi connectivity index (χ4n) is 3.63. The lowest BCUT2D eigenvalue weighted by Crippen LogP contribution is -2.38. The van der Waals surface area contributed by atoms with E-state index in [-0.39, 0.29) is 18.3 Å². The second-order valence-electron chi connectivity index (χ2n) is 5.86. The summed E-state index contributed by atoms with van der Waals surface area (Å²) in [5.74, 6) is 1.40. The van der Waals surface area contributed by atoms with Gasteiger partial charge in [0, 0.05) is 19.1 Å². The molecule has 5 heteroatoms. The average Bonchev–Trinajstić information content (AvgIpc) is 3.04. The molecule has 2 fully saturated rings. The van der Waals surface area contributed by atoms with Gasteiger partial charge in [0.05, 0.1) is 4.88 Å². The van der Waals surface area contributed by atoms with Crippen LogP contribution in [-0.2, 0) is 6.42 Å². The van der Waals surface area contributed by atoms with E-state index in [1.807, 2.05) is 10.3 Å². The summed E-state index contributed by atoms with van der Waals surface area (Å²) >= 11 is 1.58. The van der Waals surface area contributed by atoms with Crippen molar-refractivity contribution >= 4 is 29.7 Å². The summed E-state index contributed by atoms with van der Waals surface area (Å²) in [4.78, 5) is 15.6. The zero-order chi connectivity index (χ0) is 13.4. The molecule has 3 atom stereocenters. The van der Waals surface area contributed by atoms with E-state index in [0.717, 1.165) is 30.8 Å². The van der Waals surface area contributed by atoms with Crippen molar-refractivity contribution in [2.24, 2.45) is 17.6 Å². The monoisotopic (exact) mass is 314 g/mol. The average molecular weight is 315 g/mol. The van der Waals surface area contributed by atoms with Gasteiger partial charge < -0.3 is 10.6 Å². The molecule has 3 rings (SSSR count). The van der Waals surface area contributed by atoms with Crippen molar-refractivity contribution in [3.63, 3.8) is 0 Å². The van der Waals surface area contributed by atoms with Crippen LogP contribution in [0.4, 0.5) is 0 Å². The Hall–Kier alpha value is -0.580. The van der Waals surface area contributed by atoms with E-state index in [9.17, 15) is 4.79 Å².